The van der Waals surface area contributed by atoms with Crippen molar-refractivity contribution in [3.8, 4) is 5.75 Å². The minimum absolute atomic E-state index is 0.130. The predicted octanol–water partition coefficient (Wildman–Crippen LogP) is 4.18. The number of nitrogens with zero attached hydrogens (tertiary/aromatic N) is 2. The molecule has 1 unspecified atom stereocenters. The minimum atomic E-state index is -0.651. The number of hydrogen-bond acceptors (Lipinski definition) is 6. The summed E-state index contributed by atoms with van der Waals surface area (Å²) in [7, 11) is 0. The Hall–Kier alpha value is -3.16. The molecule has 1 amide bonds. The Morgan fingerprint density at radius 2 is 1.69 bits per heavy atom. The van der Waals surface area contributed by atoms with Crippen LogP contribution in [0.4, 0.5) is 0 Å². The van der Waals surface area contributed by atoms with Gasteiger partial charge < -0.3 is 19.5 Å². The number of carbonyl (C=O) groups excluding carboxylic acids is 2. The molecule has 7 heteroatoms. The molecular formula is C29H36N2O5. The van der Waals surface area contributed by atoms with Crippen LogP contribution in [0.25, 0.3) is 5.76 Å². The number of likely N-dealkylation sites (tertiary alicyclic amines) is 1. The molecule has 2 aliphatic heterocycles. The van der Waals surface area contributed by atoms with Gasteiger partial charge in [0.1, 0.15) is 11.5 Å². The van der Waals surface area contributed by atoms with E-state index in [0.717, 1.165) is 37.9 Å². The molecule has 2 aromatic carbocycles. The largest absolute Gasteiger partial charge is 0.507 e. The molecule has 0 spiro atoms. The standard InChI is InChI=1S/C29H36N2O5/c1-3-5-18-36-24-12-10-23(11-13-24)27(32)25-26(22-8-6-21(4-2)7-9-22)31(29(34)28(25)33)15-14-30-16-19-35-20-17-30/h6-13,26,32H,3-5,14-20H2,1-2H3/b27-25+. The average Bonchev–Trinajstić information content (AvgIpc) is 3.17. The van der Waals surface area contributed by atoms with Crippen LogP contribution in [0, 0.1) is 0 Å². The maximum absolute atomic E-state index is 13.3. The van der Waals surface area contributed by atoms with Crippen LogP contribution in [-0.4, -0.2) is 72.6 Å². The monoisotopic (exact) mass is 492 g/mol. The van der Waals surface area contributed by atoms with E-state index in [2.05, 4.69) is 18.7 Å². The maximum atomic E-state index is 13.3. The highest BCUT2D eigenvalue weighted by Gasteiger charge is 2.46. The maximum Gasteiger partial charge on any atom is 0.295 e. The number of aliphatic hydroxyl groups excluding tert-OH is 1. The molecule has 36 heavy (non-hydrogen) atoms. The van der Waals surface area contributed by atoms with Crippen molar-refractivity contribution in [2.24, 2.45) is 0 Å². The molecule has 0 aromatic heterocycles. The number of ketones is 1. The molecule has 192 valence electrons. The highest BCUT2D eigenvalue weighted by atomic mass is 16.5. The van der Waals surface area contributed by atoms with Crippen molar-refractivity contribution in [1.82, 2.24) is 9.80 Å². The van der Waals surface area contributed by atoms with Gasteiger partial charge in [-0.25, -0.2) is 0 Å². The number of aliphatic hydroxyl groups is 1. The van der Waals surface area contributed by atoms with Gasteiger partial charge in [-0.15, -0.1) is 0 Å². The van der Waals surface area contributed by atoms with E-state index < -0.39 is 17.7 Å². The normalized spacial score (nSPS) is 20.2. The highest BCUT2D eigenvalue weighted by molar-refractivity contribution is 6.46. The van der Waals surface area contributed by atoms with Gasteiger partial charge in [0.05, 0.1) is 31.4 Å². The molecule has 0 radical (unpaired) electrons. The zero-order valence-corrected chi connectivity index (χ0v) is 21.2. The lowest BCUT2D eigenvalue weighted by Gasteiger charge is -2.31. The molecule has 2 saturated heterocycles. The molecule has 0 aliphatic carbocycles. The Balaban J connectivity index is 1.65. The molecule has 2 fully saturated rings. The summed E-state index contributed by atoms with van der Waals surface area (Å²) in [6.07, 6.45) is 2.90. The Bertz CT molecular complexity index is 1070. The fraction of sp³-hybridized carbons (Fsp3) is 0.448. The number of aryl methyl sites for hydroxylation is 1. The number of hydrogen-bond donors (Lipinski definition) is 1. The second-order valence-electron chi connectivity index (χ2n) is 9.27. The number of morpholine rings is 1. The van der Waals surface area contributed by atoms with Crippen LogP contribution in [0.5, 0.6) is 5.75 Å². The van der Waals surface area contributed by atoms with Crippen molar-refractivity contribution in [2.75, 3.05) is 46.0 Å². The third kappa shape index (κ3) is 5.79. The molecule has 4 rings (SSSR count). The van der Waals surface area contributed by atoms with Crippen LogP contribution < -0.4 is 4.74 Å². The Labute approximate surface area is 213 Å². The van der Waals surface area contributed by atoms with Crippen molar-refractivity contribution >= 4 is 17.4 Å². The Morgan fingerprint density at radius 3 is 2.33 bits per heavy atom. The number of unbranched alkanes of at least 4 members (excludes halogenated alkanes) is 1. The molecule has 2 heterocycles. The summed E-state index contributed by atoms with van der Waals surface area (Å²) >= 11 is 0. The number of Topliss-reactive ketones (excluding diaryl/α,β-unsaturated/α-hetero) is 1. The second-order valence-corrected chi connectivity index (χ2v) is 9.27. The number of rotatable bonds is 10. The fourth-order valence-corrected chi connectivity index (χ4v) is 4.67. The van der Waals surface area contributed by atoms with Gasteiger partial charge in [0.15, 0.2) is 0 Å². The Morgan fingerprint density at radius 1 is 1.00 bits per heavy atom. The molecule has 0 bridgehead atoms. The van der Waals surface area contributed by atoms with E-state index in [-0.39, 0.29) is 11.3 Å². The first kappa shape index (κ1) is 25.9. The topological polar surface area (TPSA) is 79.3 Å². The van der Waals surface area contributed by atoms with E-state index >= 15 is 0 Å². The van der Waals surface area contributed by atoms with Crippen LogP contribution in [0.2, 0.25) is 0 Å². The molecule has 2 aromatic rings. The molecule has 2 aliphatic rings. The summed E-state index contributed by atoms with van der Waals surface area (Å²) in [6.45, 7) is 8.78. The van der Waals surface area contributed by atoms with Gasteiger partial charge in [-0.2, -0.15) is 0 Å². The zero-order chi connectivity index (χ0) is 25.5. The summed E-state index contributed by atoms with van der Waals surface area (Å²) in [4.78, 5) is 30.3. The number of ether oxygens (including phenoxy) is 2. The van der Waals surface area contributed by atoms with Gasteiger partial charge in [0.2, 0.25) is 0 Å². The smallest absolute Gasteiger partial charge is 0.295 e. The third-order valence-electron chi connectivity index (χ3n) is 6.90. The van der Waals surface area contributed by atoms with Crippen molar-refractivity contribution in [3.63, 3.8) is 0 Å². The van der Waals surface area contributed by atoms with E-state index in [9.17, 15) is 14.7 Å². The first-order chi connectivity index (χ1) is 17.5. The quantitative estimate of drug-likeness (QED) is 0.232. The summed E-state index contributed by atoms with van der Waals surface area (Å²) in [5.41, 5.74) is 2.60. The number of benzene rings is 2. The van der Waals surface area contributed by atoms with Crippen LogP contribution in [0.1, 0.15) is 49.4 Å². The van der Waals surface area contributed by atoms with Crippen molar-refractivity contribution in [2.45, 2.75) is 39.2 Å². The summed E-state index contributed by atoms with van der Waals surface area (Å²) in [5, 5.41) is 11.3. The van der Waals surface area contributed by atoms with Crippen LogP contribution in [0.3, 0.4) is 0 Å². The molecular weight excluding hydrogens is 456 g/mol. The van der Waals surface area contributed by atoms with Gasteiger partial charge >= 0.3 is 0 Å². The SMILES string of the molecule is CCCCOc1ccc(/C(O)=C2\C(=O)C(=O)N(CCN3CCOCC3)C2c2ccc(CC)cc2)cc1. The van der Waals surface area contributed by atoms with Crippen molar-refractivity contribution in [1.29, 1.82) is 0 Å². The van der Waals surface area contributed by atoms with Gasteiger partial charge in [-0.05, 0) is 48.2 Å². The molecule has 1 N–H and O–H groups in total. The van der Waals surface area contributed by atoms with E-state index in [0.29, 0.717) is 44.2 Å². The van der Waals surface area contributed by atoms with Crippen molar-refractivity contribution < 1.29 is 24.2 Å². The number of amides is 1. The molecule has 7 nitrogen and oxygen atoms in total. The zero-order valence-electron chi connectivity index (χ0n) is 21.2. The first-order valence-electron chi connectivity index (χ1n) is 12.9. The summed E-state index contributed by atoms with van der Waals surface area (Å²) in [6, 6.07) is 14.3. The first-order valence-corrected chi connectivity index (χ1v) is 12.9. The van der Waals surface area contributed by atoms with E-state index in [1.165, 1.54) is 5.56 Å². The number of carbonyl (C=O) groups is 2. The van der Waals surface area contributed by atoms with Gasteiger partial charge in [0, 0.05) is 31.7 Å². The fourth-order valence-electron chi connectivity index (χ4n) is 4.67. The minimum Gasteiger partial charge on any atom is -0.507 e. The van der Waals surface area contributed by atoms with E-state index in [1.54, 1.807) is 29.2 Å². The van der Waals surface area contributed by atoms with Crippen LogP contribution in [-0.2, 0) is 20.7 Å². The summed E-state index contributed by atoms with van der Waals surface area (Å²) < 4.78 is 11.2. The van der Waals surface area contributed by atoms with Gasteiger partial charge in [-0.1, -0.05) is 44.5 Å². The lowest BCUT2D eigenvalue weighted by atomic mass is 9.94. The molecule has 0 saturated carbocycles. The van der Waals surface area contributed by atoms with E-state index in [4.69, 9.17) is 9.47 Å². The second kappa shape index (κ2) is 12.2. The van der Waals surface area contributed by atoms with Gasteiger partial charge in [0.25, 0.3) is 11.7 Å². The highest BCUT2D eigenvalue weighted by Crippen LogP contribution is 2.39. The predicted molar refractivity (Wildman–Crippen MR) is 139 cm³/mol. The van der Waals surface area contributed by atoms with Crippen molar-refractivity contribution in [3.05, 3.63) is 70.8 Å². The van der Waals surface area contributed by atoms with E-state index in [1.807, 2.05) is 24.3 Å². The lowest BCUT2D eigenvalue weighted by Crippen LogP contribution is -2.42. The third-order valence-corrected chi connectivity index (χ3v) is 6.90. The van der Waals surface area contributed by atoms with Gasteiger partial charge in [-0.3, -0.25) is 14.5 Å². The van der Waals surface area contributed by atoms with Crippen LogP contribution >= 0.6 is 0 Å². The Kier molecular flexibility index (Phi) is 8.78. The lowest BCUT2D eigenvalue weighted by molar-refractivity contribution is -0.140. The average molecular weight is 493 g/mol. The summed E-state index contributed by atoms with van der Waals surface area (Å²) in [5.74, 6) is -0.680. The van der Waals surface area contributed by atoms with Crippen LogP contribution in [0.15, 0.2) is 54.1 Å². The molecule has 1 atom stereocenters.